The van der Waals surface area contributed by atoms with Crippen molar-refractivity contribution in [3.63, 3.8) is 0 Å². The van der Waals surface area contributed by atoms with E-state index in [4.69, 9.17) is 4.74 Å². The fourth-order valence-corrected chi connectivity index (χ4v) is 6.70. The van der Waals surface area contributed by atoms with Gasteiger partial charge >= 0.3 is 17.7 Å². The normalized spacial score (nSPS) is 22.4. The van der Waals surface area contributed by atoms with Crippen LogP contribution in [0, 0.1) is 39.6 Å². The number of hydrogen-bond acceptors (Lipinski definition) is 8. The quantitative estimate of drug-likeness (QED) is 0.257. The van der Waals surface area contributed by atoms with E-state index in [1.165, 1.54) is 12.3 Å². The summed E-state index contributed by atoms with van der Waals surface area (Å²) < 4.78 is 19.5. The largest absolute Gasteiger partial charge is 0.481 e. The smallest absolute Gasteiger partial charge is 0.410 e. The van der Waals surface area contributed by atoms with Crippen molar-refractivity contribution in [2.24, 2.45) is 28.7 Å². The molecular formula is C34H46FN5O8. The van der Waals surface area contributed by atoms with Gasteiger partial charge in [0.25, 0.3) is 0 Å². The third-order valence-corrected chi connectivity index (χ3v) is 9.38. The van der Waals surface area contributed by atoms with Crippen molar-refractivity contribution in [1.82, 2.24) is 15.1 Å². The highest BCUT2D eigenvalue weighted by Crippen LogP contribution is 2.36. The van der Waals surface area contributed by atoms with Crippen LogP contribution in [0.4, 0.5) is 14.9 Å². The maximum absolute atomic E-state index is 14.0. The molecule has 3 aliphatic rings. The third-order valence-electron chi connectivity index (χ3n) is 9.38. The Morgan fingerprint density at radius 2 is 1.85 bits per heavy atom. The van der Waals surface area contributed by atoms with Crippen LogP contribution in [0.1, 0.15) is 78.2 Å². The number of aliphatic carboxylic acids is 1. The van der Waals surface area contributed by atoms with Gasteiger partial charge in [0.1, 0.15) is 5.60 Å². The summed E-state index contributed by atoms with van der Waals surface area (Å²) in [5, 5.41) is 23.9. The van der Waals surface area contributed by atoms with Crippen LogP contribution in [0.15, 0.2) is 29.4 Å². The van der Waals surface area contributed by atoms with Gasteiger partial charge in [-0.25, -0.2) is 4.79 Å². The first-order valence-electron chi connectivity index (χ1n) is 16.6. The van der Waals surface area contributed by atoms with E-state index >= 15 is 0 Å². The minimum Gasteiger partial charge on any atom is -0.481 e. The molecule has 0 bridgehead atoms. The number of carboxylic acids is 1. The first-order valence-corrected chi connectivity index (χ1v) is 16.6. The van der Waals surface area contributed by atoms with E-state index in [9.17, 15) is 38.8 Å². The summed E-state index contributed by atoms with van der Waals surface area (Å²) >= 11 is 0. The van der Waals surface area contributed by atoms with Gasteiger partial charge < -0.3 is 25.0 Å². The van der Waals surface area contributed by atoms with Crippen molar-refractivity contribution in [3.05, 3.63) is 45.9 Å². The zero-order valence-corrected chi connectivity index (χ0v) is 28.0. The molecule has 0 spiro atoms. The van der Waals surface area contributed by atoms with E-state index in [1.807, 2.05) is 20.8 Å². The molecule has 2 N–H and O–H groups in total. The molecule has 1 aromatic carbocycles. The average molecular weight is 672 g/mol. The maximum Gasteiger partial charge on any atom is 0.410 e. The topological polar surface area (TPSA) is 172 Å². The fourth-order valence-electron chi connectivity index (χ4n) is 6.70. The number of piperidine rings is 2. The molecule has 3 heterocycles. The van der Waals surface area contributed by atoms with E-state index in [-0.39, 0.29) is 30.9 Å². The predicted octanol–water partition coefficient (Wildman–Crippen LogP) is 5.04. The second-order valence-corrected chi connectivity index (χ2v) is 14.0. The Labute approximate surface area is 279 Å². The van der Waals surface area contributed by atoms with E-state index in [2.05, 4.69) is 10.3 Å². The number of nitro groups is 1. The van der Waals surface area contributed by atoms with Gasteiger partial charge in [0.2, 0.25) is 17.6 Å². The van der Waals surface area contributed by atoms with Gasteiger partial charge in [-0.05, 0) is 81.9 Å². The van der Waals surface area contributed by atoms with Gasteiger partial charge in [0.15, 0.2) is 0 Å². The molecule has 3 unspecified atom stereocenters. The van der Waals surface area contributed by atoms with E-state index in [0.29, 0.717) is 62.4 Å². The van der Waals surface area contributed by atoms with Gasteiger partial charge in [0, 0.05) is 63.0 Å². The molecule has 48 heavy (non-hydrogen) atoms. The van der Waals surface area contributed by atoms with Crippen molar-refractivity contribution >= 4 is 41.4 Å². The summed E-state index contributed by atoms with van der Waals surface area (Å²) in [6.45, 7) is 9.26. The van der Waals surface area contributed by atoms with E-state index < -0.39 is 51.8 Å². The summed E-state index contributed by atoms with van der Waals surface area (Å²) in [7, 11) is 0. The molecular weight excluding hydrogens is 625 g/mol. The number of likely N-dealkylation sites (tertiary alicyclic amines) is 2. The van der Waals surface area contributed by atoms with Crippen molar-refractivity contribution in [2.75, 3.05) is 26.2 Å². The Balaban J connectivity index is 1.32. The van der Waals surface area contributed by atoms with Crippen LogP contribution >= 0.6 is 0 Å². The molecule has 0 aliphatic carbocycles. The van der Waals surface area contributed by atoms with Crippen LogP contribution in [0.3, 0.4) is 0 Å². The minimum atomic E-state index is -1.12. The molecule has 1 aromatic rings. The van der Waals surface area contributed by atoms with Crippen LogP contribution in [-0.4, -0.2) is 87.7 Å². The second-order valence-electron chi connectivity index (χ2n) is 14.0. The highest BCUT2D eigenvalue weighted by atomic mass is 19.1. The fraction of sp³-hybridized carbons (Fsp3) is 0.618. The van der Waals surface area contributed by atoms with Crippen LogP contribution in [-0.2, 0) is 19.1 Å². The Kier molecular flexibility index (Phi) is 11.9. The number of amides is 3. The van der Waals surface area contributed by atoms with Crippen molar-refractivity contribution in [2.45, 2.75) is 84.3 Å². The summed E-state index contributed by atoms with van der Waals surface area (Å²) in [4.78, 5) is 69.1. The second kappa shape index (κ2) is 15.7. The zero-order valence-electron chi connectivity index (χ0n) is 28.0. The first-order chi connectivity index (χ1) is 22.6. The number of carbonyl (C=O) groups is 4. The number of ether oxygens (including phenoxy) is 1. The van der Waals surface area contributed by atoms with Crippen molar-refractivity contribution < 1.29 is 38.3 Å². The molecule has 3 aliphatic heterocycles. The van der Waals surface area contributed by atoms with Gasteiger partial charge in [-0.1, -0.05) is 13.0 Å². The Morgan fingerprint density at radius 3 is 2.50 bits per heavy atom. The minimum absolute atomic E-state index is 0.0274. The molecule has 262 valence electrons. The Bertz CT molecular complexity index is 1450. The van der Waals surface area contributed by atoms with E-state index in [1.54, 1.807) is 22.9 Å². The zero-order chi connectivity index (χ0) is 35.2. The predicted molar refractivity (Wildman–Crippen MR) is 175 cm³/mol. The number of halogens is 1. The average Bonchev–Trinajstić information content (AvgIpc) is 3.03. The van der Waals surface area contributed by atoms with E-state index in [0.717, 1.165) is 25.0 Å². The number of nitrogens with zero attached hydrogens (tertiary/aromatic N) is 4. The monoisotopic (exact) mass is 671 g/mol. The molecule has 0 radical (unpaired) electrons. The summed E-state index contributed by atoms with van der Waals surface area (Å²) in [6.07, 6.45) is 6.19. The van der Waals surface area contributed by atoms with Crippen LogP contribution in [0.5, 0.6) is 0 Å². The molecule has 14 heteroatoms. The molecule has 0 saturated carbocycles. The highest BCUT2D eigenvalue weighted by Gasteiger charge is 2.36. The van der Waals surface area contributed by atoms with Gasteiger partial charge in [-0.2, -0.15) is 4.39 Å². The van der Waals surface area contributed by atoms with Crippen molar-refractivity contribution in [3.8, 4) is 0 Å². The number of carboxylic acid groups (broad SMARTS) is 1. The lowest BCUT2D eigenvalue weighted by molar-refractivity contribution is -0.387. The molecule has 2 saturated heterocycles. The maximum atomic E-state index is 14.0. The number of allylic oxidation sites excluding steroid dienone is 1. The molecule has 4 rings (SSSR count). The lowest BCUT2D eigenvalue weighted by Crippen LogP contribution is -2.51. The number of hydrogen-bond donors (Lipinski definition) is 2. The van der Waals surface area contributed by atoms with Gasteiger partial charge in [0.05, 0.1) is 17.3 Å². The number of nitro benzene ring substituents is 1. The van der Waals surface area contributed by atoms with Gasteiger partial charge in [-0.15, -0.1) is 0 Å². The lowest BCUT2D eigenvalue weighted by Gasteiger charge is -2.36. The summed E-state index contributed by atoms with van der Waals surface area (Å²) in [5.41, 5.74) is -0.294. The molecule has 0 aromatic heterocycles. The molecule has 3 amide bonds. The number of carbonyl (C=O) groups excluding carboxylic acids is 3. The molecule has 2 fully saturated rings. The Hall–Kier alpha value is -4.36. The Morgan fingerprint density at radius 1 is 1.15 bits per heavy atom. The van der Waals surface area contributed by atoms with Crippen LogP contribution in [0.2, 0.25) is 0 Å². The summed E-state index contributed by atoms with van der Waals surface area (Å²) in [6, 6.07) is 2.70. The molecule has 13 nitrogen and oxygen atoms in total. The van der Waals surface area contributed by atoms with Crippen LogP contribution < -0.4 is 5.32 Å². The number of rotatable bonds is 10. The first kappa shape index (κ1) is 36.5. The van der Waals surface area contributed by atoms with Gasteiger partial charge in [-0.3, -0.25) is 29.5 Å². The van der Waals surface area contributed by atoms with Crippen LogP contribution in [0.25, 0.3) is 5.57 Å². The number of benzene rings is 1. The summed E-state index contributed by atoms with van der Waals surface area (Å²) in [5.74, 6) is -3.62. The standard InChI is InChI=1S/C34H46FN5O8/c1-21-25(23-8-9-27(35)29(16-23)40(46)47)18-36-19-26(21)28(17-31(42)43)37-32(44)24-6-5-13-39(20-24)30(41)10-7-22-11-14-38(15-12-22)33(45)48-34(2,3)4/h8-9,16,18-19,21-22,24,26,28H,5-7,10-15,17,20H2,1-4H3,(H,37,44)(H,42,43)/t21?,24-,26?,28?/m1/s1. The van der Waals surface area contributed by atoms with Crippen molar-refractivity contribution in [1.29, 1.82) is 0 Å². The molecule has 4 atom stereocenters. The number of aliphatic imine (C=N–C) groups is 1. The SMILES string of the molecule is CC1C(c2ccc(F)c([N+](=O)[O-])c2)=CN=CC1C(CC(=O)O)NC(=O)[C@@H]1CCCN(C(=O)CCC2CCN(C(=O)OC(C)(C)C)CC2)C1. The highest BCUT2D eigenvalue weighted by molar-refractivity contribution is 5.84. The lowest BCUT2D eigenvalue weighted by atomic mass is 9.78. The third kappa shape index (κ3) is 9.60. The number of nitrogens with one attached hydrogen (secondary N) is 1.